The van der Waals surface area contributed by atoms with Crippen LogP contribution in [0.3, 0.4) is 0 Å². The second-order valence-corrected chi connectivity index (χ2v) is 5.00. The number of carbonyl (C=O) groups is 1. The fraction of sp³-hybridized carbons (Fsp3) is 0.133. The number of hydrogen-bond acceptors (Lipinski definition) is 3. The third-order valence-electron chi connectivity index (χ3n) is 2.67. The number of benzene rings is 2. The minimum absolute atomic E-state index is 0.147. The predicted octanol–water partition coefficient (Wildman–Crippen LogP) is 3.57. The van der Waals surface area contributed by atoms with Crippen molar-refractivity contribution in [2.75, 3.05) is 12.3 Å². The molecule has 0 unspecified atom stereocenters. The van der Waals surface area contributed by atoms with Crippen LogP contribution in [-0.4, -0.2) is 12.5 Å². The molecule has 0 aliphatic rings. The number of amides is 1. The number of nitrogen functional groups attached to an aromatic ring is 1. The fourth-order valence-electron chi connectivity index (χ4n) is 1.69. The fourth-order valence-corrected chi connectivity index (χ4v) is 2.06. The molecule has 0 fully saturated rings. The SMILES string of the molecule is CCNC(=O)c1ccc(Oc2ccccc2Br)c(N)c1. The van der Waals surface area contributed by atoms with Crippen LogP contribution in [0.2, 0.25) is 0 Å². The van der Waals surface area contributed by atoms with E-state index >= 15 is 0 Å². The quantitative estimate of drug-likeness (QED) is 0.840. The first-order valence-corrected chi connectivity index (χ1v) is 7.01. The molecular formula is C15H15BrN2O2. The maximum absolute atomic E-state index is 11.7. The van der Waals surface area contributed by atoms with Gasteiger partial charge in [-0.05, 0) is 53.2 Å². The molecule has 2 aromatic carbocycles. The molecule has 5 heteroatoms. The summed E-state index contributed by atoms with van der Waals surface area (Å²) in [5.41, 5.74) is 6.87. The minimum atomic E-state index is -0.147. The summed E-state index contributed by atoms with van der Waals surface area (Å²) in [7, 11) is 0. The molecule has 0 aliphatic carbocycles. The monoisotopic (exact) mass is 334 g/mol. The lowest BCUT2D eigenvalue weighted by Crippen LogP contribution is -2.22. The Kier molecular flexibility index (Phi) is 4.63. The topological polar surface area (TPSA) is 64.3 Å². The van der Waals surface area contributed by atoms with E-state index in [0.717, 1.165) is 4.47 Å². The molecule has 2 aromatic rings. The Morgan fingerprint density at radius 1 is 1.25 bits per heavy atom. The molecule has 1 amide bonds. The molecule has 0 aromatic heterocycles. The molecule has 3 N–H and O–H groups in total. The molecule has 0 heterocycles. The van der Waals surface area contributed by atoms with Crippen LogP contribution in [0.15, 0.2) is 46.9 Å². The third-order valence-corrected chi connectivity index (χ3v) is 3.32. The van der Waals surface area contributed by atoms with E-state index < -0.39 is 0 Å². The number of carbonyl (C=O) groups excluding carboxylic acids is 1. The summed E-state index contributed by atoms with van der Waals surface area (Å²) in [5, 5.41) is 2.72. The molecule has 0 saturated carbocycles. The number of anilines is 1. The zero-order valence-electron chi connectivity index (χ0n) is 11.0. The van der Waals surface area contributed by atoms with Crippen LogP contribution in [0.4, 0.5) is 5.69 Å². The van der Waals surface area contributed by atoms with Crippen LogP contribution < -0.4 is 15.8 Å². The average Bonchev–Trinajstić information content (AvgIpc) is 2.43. The molecule has 4 nitrogen and oxygen atoms in total. The van der Waals surface area contributed by atoms with Crippen LogP contribution in [0.5, 0.6) is 11.5 Å². The summed E-state index contributed by atoms with van der Waals surface area (Å²) < 4.78 is 6.57. The van der Waals surface area contributed by atoms with Crippen molar-refractivity contribution in [1.29, 1.82) is 0 Å². The van der Waals surface area contributed by atoms with Gasteiger partial charge in [-0.15, -0.1) is 0 Å². The molecule has 2 rings (SSSR count). The molecule has 0 bridgehead atoms. The summed E-state index contributed by atoms with van der Waals surface area (Å²) in [6.07, 6.45) is 0. The van der Waals surface area contributed by atoms with E-state index in [9.17, 15) is 4.79 Å². The van der Waals surface area contributed by atoms with E-state index in [1.165, 1.54) is 0 Å². The van der Waals surface area contributed by atoms with Gasteiger partial charge in [0.25, 0.3) is 5.91 Å². The largest absolute Gasteiger partial charge is 0.454 e. The molecule has 0 atom stereocenters. The van der Waals surface area contributed by atoms with Gasteiger partial charge >= 0.3 is 0 Å². The van der Waals surface area contributed by atoms with Crippen molar-refractivity contribution < 1.29 is 9.53 Å². The number of hydrogen-bond donors (Lipinski definition) is 2. The van der Waals surface area contributed by atoms with Gasteiger partial charge < -0.3 is 15.8 Å². The highest BCUT2D eigenvalue weighted by atomic mass is 79.9. The van der Waals surface area contributed by atoms with E-state index in [4.69, 9.17) is 10.5 Å². The first-order valence-electron chi connectivity index (χ1n) is 6.22. The Morgan fingerprint density at radius 3 is 2.65 bits per heavy atom. The highest BCUT2D eigenvalue weighted by Gasteiger charge is 2.09. The predicted molar refractivity (Wildman–Crippen MR) is 83.1 cm³/mol. The Hall–Kier alpha value is -2.01. The van der Waals surface area contributed by atoms with Gasteiger partial charge in [0.15, 0.2) is 0 Å². The molecule has 0 radical (unpaired) electrons. The number of ether oxygens (including phenoxy) is 1. The highest BCUT2D eigenvalue weighted by Crippen LogP contribution is 2.32. The third kappa shape index (κ3) is 3.30. The van der Waals surface area contributed by atoms with Crippen LogP contribution in [-0.2, 0) is 0 Å². The van der Waals surface area contributed by atoms with Gasteiger partial charge in [0.05, 0.1) is 10.2 Å². The normalized spacial score (nSPS) is 10.1. The summed E-state index contributed by atoms with van der Waals surface area (Å²) in [6, 6.07) is 12.5. The van der Waals surface area contributed by atoms with Gasteiger partial charge in [0, 0.05) is 12.1 Å². The van der Waals surface area contributed by atoms with E-state index in [-0.39, 0.29) is 5.91 Å². The lowest BCUT2D eigenvalue weighted by molar-refractivity contribution is 0.0956. The molecular weight excluding hydrogens is 320 g/mol. The van der Waals surface area contributed by atoms with Crippen molar-refractivity contribution in [2.24, 2.45) is 0 Å². The average molecular weight is 335 g/mol. The second kappa shape index (κ2) is 6.43. The lowest BCUT2D eigenvalue weighted by Gasteiger charge is -2.11. The van der Waals surface area contributed by atoms with Crippen LogP contribution in [0.1, 0.15) is 17.3 Å². The molecule has 20 heavy (non-hydrogen) atoms. The summed E-state index contributed by atoms with van der Waals surface area (Å²) in [5.74, 6) is 1.04. The van der Waals surface area contributed by atoms with Gasteiger partial charge in [-0.2, -0.15) is 0 Å². The van der Waals surface area contributed by atoms with E-state index in [1.807, 2.05) is 31.2 Å². The van der Waals surface area contributed by atoms with Gasteiger partial charge in [-0.25, -0.2) is 0 Å². The minimum Gasteiger partial charge on any atom is -0.454 e. The number of nitrogens with one attached hydrogen (secondary N) is 1. The van der Waals surface area contributed by atoms with Crippen molar-refractivity contribution in [3.05, 3.63) is 52.5 Å². The van der Waals surface area contributed by atoms with Crippen molar-refractivity contribution in [3.8, 4) is 11.5 Å². The number of rotatable bonds is 4. The van der Waals surface area contributed by atoms with Gasteiger partial charge in [-0.1, -0.05) is 12.1 Å². The summed E-state index contributed by atoms with van der Waals surface area (Å²) >= 11 is 3.41. The first-order chi connectivity index (χ1) is 9.61. The molecule has 104 valence electrons. The highest BCUT2D eigenvalue weighted by molar-refractivity contribution is 9.10. The smallest absolute Gasteiger partial charge is 0.251 e. The van der Waals surface area contributed by atoms with Crippen molar-refractivity contribution in [1.82, 2.24) is 5.32 Å². The second-order valence-electron chi connectivity index (χ2n) is 4.14. The standard InChI is InChI=1S/C15H15BrN2O2/c1-2-18-15(19)10-7-8-14(12(17)9-10)20-13-6-4-3-5-11(13)16/h3-9H,2,17H2,1H3,(H,18,19). The van der Waals surface area contributed by atoms with Crippen molar-refractivity contribution in [3.63, 3.8) is 0 Å². The number of para-hydroxylation sites is 1. The molecule has 0 aliphatic heterocycles. The van der Waals surface area contributed by atoms with Crippen LogP contribution in [0.25, 0.3) is 0 Å². The van der Waals surface area contributed by atoms with Crippen molar-refractivity contribution in [2.45, 2.75) is 6.92 Å². The van der Waals surface area contributed by atoms with E-state index in [0.29, 0.717) is 29.3 Å². The van der Waals surface area contributed by atoms with Gasteiger partial charge in [0.1, 0.15) is 11.5 Å². The zero-order chi connectivity index (χ0) is 14.5. The van der Waals surface area contributed by atoms with Crippen molar-refractivity contribution >= 4 is 27.5 Å². The molecule has 0 spiro atoms. The zero-order valence-corrected chi connectivity index (χ0v) is 12.6. The van der Waals surface area contributed by atoms with Gasteiger partial charge in [-0.3, -0.25) is 4.79 Å². The Labute approximate surface area is 126 Å². The van der Waals surface area contributed by atoms with Crippen LogP contribution in [0, 0.1) is 0 Å². The Bertz CT molecular complexity index is 629. The van der Waals surface area contributed by atoms with Crippen LogP contribution >= 0.6 is 15.9 Å². The number of nitrogens with two attached hydrogens (primary N) is 1. The van der Waals surface area contributed by atoms with Gasteiger partial charge in [0.2, 0.25) is 0 Å². The first kappa shape index (κ1) is 14.4. The summed E-state index contributed by atoms with van der Waals surface area (Å²) in [6.45, 7) is 2.44. The lowest BCUT2D eigenvalue weighted by atomic mass is 10.1. The van der Waals surface area contributed by atoms with E-state index in [2.05, 4.69) is 21.2 Å². The summed E-state index contributed by atoms with van der Waals surface area (Å²) in [4.78, 5) is 11.7. The van der Waals surface area contributed by atoms with E-state index in [1.54, 1.807) is 18.2 Å². The molecule has 0 saturated heterocycles. The Morgan fingerprint density at radius 2 is 2.00 bits per heavy atom. The maximum Gasteiger partial charge on any atom is 0.251 e. The Balaban J connectivity index is 2.22. The number of halogens is 1. The maximum atomic E-state index is 11.7.